The molecule has 0 atom stereocenters. The molecule has 112 valence electrons. The van der Waals surface area contributed by atoms with Crippen molar-refractivity contribution in [3.8, 4) is 17.5 Å². The highest BCUT2D eigenvalue weighted by Crippen LogP contribution is 2.17. The van der Waals surface area contributed by atoms with Gasteiger partial charge in [0.15, 0.2) is 0 Å². The minimum absolute atomic E-state index is 0.0828. The summed E-state index contributed by atoms with van der Waals surface area (Å²) < 4.78 is 16.5. The molecule has 0 N–H and O–H groups in total. The Kier molecular flexibility index (Phi) is 3.91. The molecule has 0 aliphatic heterocycles. The molecule has 3 aromatic rings. The summed E-state index contributed by atoms with van der Waals surface area (Å²) >= 11 is 0. The Labute approximate surface area is 126 Å². The lowest BCUT2D eigenvalue weighted by Gasteiger charge is -2.07. The molecular formula is C16H14N2O4. The standard InChI is InChI=1S/C16H14N2O4/c1-20-15-17-18(16(19)22-15)13-8-5-9-14(10-13)21-11-12-6-3-2-4-7-12/h2-10H,11H2,1H3. The second kappa shape index (κ2) is 6.17. The predicted octanol–water partition coefficient (Wildman–Crippen LogP) is 2.41. The van der Waals surface area contributed by atoms with Gasteiger partial charge in [-0.15, -0.1) is 0 Å². The van der Waals surface area contributed by atoms with Crippen LogP contribution in [0.4, 0.5) is 0 Å². The average Bonchev–Trinajstić information content (AvgIpc) is 2.95. The Morgan fingerprint density at radius 3 is 2.68 bits per heavy atom. The van der Waals surface area contributed by atoms with Crippen molar-refractivity contribution in [3.05, 3.63) is 70.7 Å². The number of aromatic nitrogens is 2. The third kappa shape index (κ3) is 3.01. The minimum Gasteiger partial charge on any atom is -0.489 e. The van der Waals surface area contributed by atoms with Crippen LogP contribution in [-0.2, 0) is 6.61 Å². The van der Waals surface area contributed by atoms with E-state index >= 15 is 0 Å². The van der Waals surface area contributed by atoms with Crippen LogP contribution in [0.5, 0.6) is 11.8 Å². The van der Waals surface area contributed by atoms with E-state index in [9.17, 15) is 4.79 Å². The molecule has 0 bridgehead atoms. The monoisotopic (exact) mass is 298 g/mol. The van der Waals surface area contributed by atoms with Gasteiger partial charge in [0, 0.05) is 6.07 Å². The van der Waals surface area contributed by atoms with Gasteiger partial charge in [0.1, 0.15) is 12.4 Å². The number of rotatable bonds is 5. The smallest absolute Gasteiger partial charge is 0.444 e. The van der Waals surface area contributed by atoms with E-state index in [4.69, 9.17) is 13.9 Å². The van der Waals surface area contributed by atoms with E-state index < -0.39 is 5.76 Å². The molecule has 0 aliphatic carbocycles. The van der Waals surface area contributed by atoms with Crippen molar-refractivity contribution in [1.82, 2.24) is 9.78 Å². The van der Waals surface area contributed by atoms with Crippen molar-refractivity contribution in [2.45, 2.75) is 6.61 Å². The molecule has 0 saturated heterocycles. The Hall–Kier alpha value is -3.02. The first kappa shape index (κ1) is 13.9. The fourth-order valence-electron chi connectivity index (χ4n) is 1.95. The highest BCUT2D eigenvalue weighted by Gasteiger charge is 2.10. The molecule has 2 aromatic carbocycles. The van der Waals surface area contributed by atoms with Crippen LogP contribution in [0.25, 0.3) is 5.69 Å². The maximum Gasteiger partial charge on any atom is 0.444 e. The van der Waals surface area contributed by atoms with Gasteiger partial charge in [0.25, 0.3) is 0 Å². The van der Waals surface area contributed by atoms with Crippen LogP contribution >= 0.6 is 0 Å². The van der Waals surface area contributed by atoms with E-state index in [1.807, 2.05) is 36.4 Å². The SMILES string of the molecule is COc1nn(-c2cccc(OCc3ccccc3)c2)c(=O)o1. The predicted molar refractivity (Wildman–Crippen MR) is 79.4 cm³/mol. The summed E-state index contributed by atoms with van der Waals surface area (Å²) in [6, 6.07) is 16.9. The molecule has 0 radical (unpaired) electrons. The van der Waals surface area contributed by atoms with Gasteiger partial charge in [-0.25, -0.2) is 4.79 Å². The van der Waals surface area contributed by atoms with Crippen molar-refractivity contribution < 1.29 is 13.9 Å². The lowest BCUT2D eigenvalue weighted by atomic mass is 10.2. The summed E-state index contributed by atoms with van der Waals surface area (Å²) in [5.74, 6) is 0.0206. The molecule has 22 heavy (non-hydrogen) atoms. The second-order valence-corrected chi connectivity index (χ2v) is 4.52. The van der Waals surface area contributed by atoms with Crippen LogP contribution in [0.2, 0.25) is 0 Å². The summed E-state index contributed by atoms with van der Waals surface area (Å²) in [5.41, 5.74) is 1.61. The second-order valence-electron chi connectivity index (χ2n) is 4.52. The van der Waals surface area contributed by atoms with E-state index in [1.165, 1.54) is 7.11 Å². The van der Waals surface area contributed by atoms with Crippen LogP contribution in [0.1, 0.15) is 5.56 Å². The fourth-order valence-corrected chi connectivity index (χ4v) is 1.95. The largest absolute Gasteiger partial charge is 0.489 e. The summed E-state index contributed by atoms with van der Waals surface area (Å²) in [7, 11) is 1.38. The summed E-state index contributed by atoms with van der Waals surface area (Å²) in [5, 5.41) is 3.92. The van der Waals surface area contributed by atoms with Gasteiger partial charge in [-0.3, -0.25) is 0 Å². The van der Waals surface area contributed by atoms with E-state index in [0.717, 1.165) is 10.2 Å². The van der Waals surface area contributed by atoms with E-state index in [0.29, 0.717) is 18.0 Å². The molecule has 0 unspecified atom stereocenters. The third-order valence-corrected chi connectivity index (χ3v) is 3.01. The Balaban J connectivity index is 1.80. The zero-order valence-corrected chi connectivity index (χ0v) is 11.9. The molecule has 1 heterocycles. The van der Waals surface area contributed by atoms with Crippen LogP contribution in [-0.4, -0.2) is 16.9 Å². The highest BCUT2D eigenvalue weighted by atomic mass is 16.6. The zero-order valence-electron chi connectivity index (χ0n) is 11.9. The molecule has 1 aromatic heterocycles. The molecule has 0 aliphatic rings. The maximum atomic E-state index is 11.7. The van der Waals surface area contributed by atoms with Crippen molar-refractivity contribution in [2.24, 2.45) is 0 Å². The average molecular weight is 298 g/mol. The first-order valence-corrected chi connectivity index (χ1v) is 6.67. The summed E-state index contributed by atoms with van der Waals surface area (Å²) in [6.45, 7) is 0.446. The molecule has 0 amide bonds. The topological polar surface area (TPSA) is 66.5 Å². The number of ether oxygens (including phenoxy) is 2. The highest BCUT2D eigenvalue weighted by molar-refractivity contribution is 5.38. The summed E-state index contributed by atoms with van der Waals surface area (Å²) in [4.78, 5) is 11.7. The van der Waals surface area contributed by atoms with E-state index in [2.05, 4.69) is 5.10 Å². The van der Waals surface area contributed by atoms with Crippen molar-refractivity contribution in [3.63, 3.8) is 0 Å². The number of methoxy groups -OCH3 is 1. The van der Waals surface area contributed by atoms with Gasteiger partial charge in [0.05, 0.1) is 12.8 Å². The molecular weight excluding hydrogens is 284 g/mol. The molecule has 6 nitrogen and oxygen atoms in total. The van der Waals surface area contributed by atoms with Gasteiger partial charge in [0.2, 0.25) is 0 Å². The van der Waals surface area contributed by atoms with Gasteiger partial charge < -0.3 is 13.9 Å². The maximum absolute atomic E-state index is 11.7. The van der Waals surface area contributed by atoms with Gasteiger partial charge in [-0.05, 0) is 17.7 Å². The Morgan fingerprint density at radius 2 is 1.95 bits per heavy atom. The summed E-state index contributed by atoms with van der Waals surface area (Å²) in [6.07, 6.45) is -0.0828. The number of benzene rings is 2. The number of nitrogens with zero attached hydrogens (tertiary/aromatic N) is 2. The van der Waals surface area contributed by atoms with Crippen molar-refractivity contribution in [1.29, 1.82) is 0 Å². The van der Waals surface area contributed by atoms with Gasteiger partial charge >= 0.3 is 11.8 Å². The Bertz CT molecular complexity index is 808. The van der Waals surface area contributed by atoms with Gasteiger partial charge in [-0.1, -0.05) is 41.5 Å². The molecule has 6 heteroatoms. The number of hydrogen-bond acceptors (Lipinski definition) is 5. The molecule has 0 spiro atoms. The van der Waals surface area contributed by atoms with E-state index in [-0.39, 0.29) is 6.08 Å². The van der Waals surface area contributed by atoms with Gasteiger partial charge in [-0.2, -0.15) is 4.68 Å². The quantitative estimate of drug-likeness (QED) is 0.723. The fraction of sp³-hybridized carbons (Fsp3) is 0.125. The first-order chi connectivity index (χ1) is 10.8. The van der Waals surface area contributed by atoms with Crippen molar-refractivity contribution >= 4 is 0 Å². The van der Waals surface area contributed by atoms with Crippen LogP contribution in [0.3, 0.4) is 0 Å². The van der Waals surface area contributed by atoms with Crippen molar-refractivity contribution in [2.75, 3.05) is 7.11 Å². The lowest BCUT2D eigenvalue weighted by Crippen LogP contribution is -2.13. The van der Waals surface area contributed by atoms with Crippen LogP contribution in [0.15, 0.2) is 63.8 Å². The van der Waals surface area contributed by atoms with Crippen LogP contribution in [0, 0.1) is 0 Å². The first-order valence-electron chi connectivity index (χ1n) is 6.67. The normalized spacial score (nSPS) is 10.4. The number of hydrogen-bond donors (Lipinski definition) is 0. The van der Waals surface area contributed by atoms with Crippen LogP contribution < -0.4 is 15.2 Å². The minimum atomic E-state index is -0.614. The lowest BCUT2D eigenvalue weighted by molar-refractivity contribution is 0.282. The zero-order chi connectivity index (χ0) is 15.4. The molecule has 0 saturated carbocycles. The molecule has 0 fully saturated rings. The van der Waals surface area contributed by atoms with E-state index in [1.54, 1.807) is 18.2 Å². The Morgan fingerprint density at radius 1 is 1.14 bits per heavy atom. The third-order valence-electron chi connectivity index (χ3n) is 3.01. The molecule has 3 rings (SSSR count).